The van der Waals surface area contributed by atoms with E-state index in [2.05, 4.69) is 30.3 Å². The van der Waals surface area contributed by atoms with E-state index >= 15 is 0 Å². The standard InChI is InChI=1S/C16H22ClN3/c1-5-14-16(15(6-2)20(4)19-14)13-8-7-12(17)9-11(13)10-18-3/h7-9,18H,5-6,10H2,1-4H3. The van der Waals surface area contributed by atoms with E-state index in [4.69, 9.17) is 11.6 Å². The molecule has 1 N–H and O–H groups in total. The Balaban J connectivity index is 2.67. The highest BCUT2D eigenvalue weighted by molar-refractivity contribution is 6.30. The summed E-state index contributed by atoms with van der Waals surface area (Å²) in [6, 6.07) is 6.12. The average Bonchev–Trinajstić information content (AvgIpc) is 2.75. The zero-order valence-corrected chi connectivity index (χ0v) is 13.4. The van der Waals surface area contributed by atoms with Gasteiger partial charge in [-0.1, -0.05) is 31.5 Å². The number of nitrogens with one attached hydrogen (secondary N) is 1. The van der Waals surface area contributed by atoms with Crippen LogP contribution in [-0.4, -0.2) is 16.8 Å². The van der Waals surface area contributed by atoms with Crippen LogP contribution in [0.15, 0.2) is 18.2 Å². The largest absolute Gasteiger partial charge is 0.316 e. The number of rotatable bonds is 5. The molecule has 2 aromatic rings. The molecule has 0 fully saturated rings. The molecule has 1 aromatic carbocycles. The molecular weight excluding hydrogens is 270 g/mol. The lowest BCUT2D eigenvalue weighted by atomic mass is 9.95. The van der Waals surface area contributed by atoms with Crippen LogP contribution in [0.25, 0.3) is 11.1 Å². The molecular formula is C16H22ClN3. The molecule has 0 unspecified atom stereocenters. The minimum atomic E-state index is 0.777. The van der Waals surface area contributed by atoms with Crippen molar-refractivity contribution in [2.75, 3.05) is 7.05 Å². The monoisotopic (exact) mass is 291 g/mol. The Morgan fingerprint density at radius 2 is 2.00 bits per heavy atom. The maximum atomic E-state index is 6.14. The Hall–Kier alpha value is -1.32. The van der Waals surface area contributed by atoms with Gasteiger partial charge in [0.1, 0.15) is 0 Å². The Kier molecular flexibility index (Phi) is 4.84. The van der Waals surface area contributed by atoms with Gasteiger partial charge in [-0.2, -0.15) is 5.10 Å². The number of halogens is 1. The second kappa shape index (κ2) is 6.42. The Morgan fingerprint density at radius 3 is 2.60 bits per heavy atom. The molecule has 2 rings (SSSR count). The summed E-state index contributed by atoms with van der Waals surface area (Å²) < 4.78 is 2.01. The van der Waals surface area contributed by atoms with E-state index in [9.17, 15) is 0 Å². The maximum absolute atomic E-state index is 6.14. The average molecular weight is 292 g/mol. The van der Waals surface area contributed by atoms with E-state index in [1.165, 1.54) is 22.4 Å². The lowest BCUT2D eigenvalue weighted by Gasteiger charge is -2.12. The summed E-state index contributed by atoms with van der Waals surface area (Å²) in [5.74, 6) is 0. The number of nitrogens with zero attached hydrogens (tertiary/aromatic N) is 2. The van der Waals surface area contributed by atoms with E-state index in [0.29, 0.717) is 0 Å². The van der Waals surface area contributed by atoms with Crippen LogP contribution in [-0.2, 0) is 26.4 Å². The van der Waals surface area contributed by atoms with E-state index in [0.717, 1.165) is 30.1 Å². The van der Waals surface area contributed by atoms with Gasteiger partial charge in [0.2, 0.25) is 0 Å². The number of hydrogen-bond acceptors (Lipinski definition) is 2. The lowest BCUT2D eigenvalue weighted by molar-refractivity contribution is 0.705. The first-order chi connectivity index (χ1) is 9.62. The third kappa shape index (κ3) is 2.74. The summed E-state index contributed by atoms with van der Waals surface area (Å²) in [6.07, 6.45) is 1.91. The van der Waals surface area contributed by atoms with Gasteiger partial charge in [-0.25, -0.2) is 0 Å². The summed E-state index contributed by atoms with van der Waals surface area (Å²) in [5.41, 5.74) is 6.17. The van der Waals surface area contributed by atoms with Gasteiger partial charge in [0.05, 0.1) is 5.69 Å². The zero-order chi connectivity index (χ0) is 14.7. The molecule has 0 spiro atoms. The molecule has 0 radical (unpaired) electrons. The SMILES string of the molecule is CCc1nn(C)c(CC)c1-c1ccc(Cl)cc1CNC. The van der Waals surface area contributed by atoms with Crippen LogP contribution in [0.3, 0.4) is 0 Å². The number of benzene rings is 1. The molecule has 1 aromatic heterocycles. The third-order valence-electron chi connectivity index (χ3n) is 3.61. The van der Waals surface area contributed by atoms with Crippen molar-refractivity contribution in [1.82, 2.24) is 15.1 Å². The van der Waals surface area contributed by atoms with Crippen molar-refractivity contribution in [3.05, 3.63) is 40.2 Å². The van der Waals surface area contributed by atoms with Gasteiger partial charge in [0, 0.05) is 29.9 Å². The highest BCUT2D eigenvalue weighted by atomic mass is 35.5. The Bertz CT molecular complexity index is 602. The van der Waals surface area contributed by atoms with Crippen LogP contribution in [0.1, 0.15) is 30.8 Å². The second-order valence-corrected chi connectivity index (χ2v) is 5.37. The molecule has 0 amide bonds. The van der Waals surface area contributed by atoms with Crippen molar-refractivity contribution >= 4 is 11.6 Å². The van der Waals surface area contributed by atoms with E-state index in [1.807, 2.05) is 30.9 Å². The highest BCUT2D eigenvalue weighted by Gasteiger charge is 2.18. The van der Waals surface area contributed by atoms with Crippen LogP contribution < -0.4 is 5.32 Å². The molecule has 0 atom stereocenters. The number of aromatic nitrogens is 2. The van der Waals surface area contributed by atoms with Crippen molar-refractivity contribution in [2.24, 2.45) is 7.05 Å². The van der Waals surface area contributed by atoms with Gasteiger partial charge >= 0.3 is 0 Å². The van der Waals surface area contributed by atoms with Crippen molar-refractivity contribution < 1.29 is 0 Å². The van der Waals surface area contributed by atoms with Crippen LogP contribution in [0.5, 0.6) is 0 Å². The van der Waals surface area contributed by atoms with Gasteiger partial charge < -0.3 is 5.32 Å². The molecule has 20 heavy (non-hydrogen) atoms. The van der Waals surface area contributed by atoms with E-state index in [1.54, 1.807) is 0 Å². The molecule has 0 saturated carbocycles. The molecule has 0 aliphatic rings. The maximum Gasteiger partial charge on any atom is 0.0703 e. The molecule has 3 nitrogen and oxygen atoms in total. The molecule has 0 aliphatic heterocycles. The third-order valence-corrected chi connectivity index (χ3v) is 3.85. The van der Waals surface area contributed by atoms with Crippen LogP contribution in [0.2, 0.25) is 5.02 Å². The van der Waals surface area contributed by atoms with E-state index in [-0.39, 0.29) is 0 Å². The topological polar surface area (TPSA) is 29.9 Å². The predicted molar refractivity (Wildman–Crippen MR) is 85.2 cm³/mol. The fourth-order valence-corrected chi connectivity index (χ4v) is 2.92. The van der Waals surface area contributed by atoms with Crippen molar-refractivity contribution in [1.29, 1.82) is 0 Å². The summed E-state index contributed by atoms with van der Waals surface area (Å²) >= 11 is 6.14. The van der Waals surface area contributed by atoms with E-state index < -0.39 is 0 Å². The Morgan fingerprint density at radius 1 is 1.25 bits per heavy atom. The summed E-state index contributed by atoms with van der Waals surface area (Å²) in [4.78, 5) is 0. The quantitative estimate of drug-likeness (QED) is 0.912. The normalized spacial score (nSPS) is 11.1. The molecule has 108 valence electrons. The summed E-state index contributed by atoms with van der Waals surface area (Å²) in [5, 5.41) is 8.66. The minimum Gasteiger partial charge on any atom is -0.316 e. The van der Waals surface area contributed by atoms with Gasteiger partial charge in [-0.15, -0.1) is 0 Å². The fourth-order valence-electron chi connectivity index (χ4n) is 2.73. The van der Waals surface area contributed by atoms with Gasteiger partial charge in [-0.3, -0.25) is 4.68 Å². The van der Waals surface area contributed by atoms with Crippen molar-refractivity contribution in [2.45, 2.75) is 33.2 Å². The molecule has 0 saturated heterocycles. The molecule has 1 heterocycles. The summed E-state index contributed by atoms with van der Waals surface area (Å²) in [7, 11) is 3.98. The van der Waals surface area contributed by atoms with Crippen molar-refractivity contribution in [3.63, 3.8) is 0 Å². The van der Waals surface area contributed by atoms with Gasteiger partial charge in [0.15, 0.2) is 0 Å². The smallest absolute Gasteiger partial charge is 0.0703 e. The first-order valence-electron chi connectivity index (χ1n) is 7.10. The molecule has 0 bridgehead atoms. The van der Waals surface area contributed by atoms with Crippen molar-refractivity contribution in [3.8, 4) is 11.1 Å². The zero-order valence-electron chi connectivity index (χ0n) is 12.6. The number of hydrogen-bond donors (Lipinski definition) is 1. The van der Waals surface area contributed by atoms with Gasteiger partial charge in [0.25, 0.3) is 0 Å². The lowest BCUT2D eigenvalue weighted by Crippen LogP contribution is -2.07. The minimum absolute atomic E-state index is 0.777. The predicted octanol–water partition coefficient (Wildman–Crippen LogP) is 3.58. The first-order valence-corrected chi connectivity index (χ1v) is 7.48. The Labute approximate surface area is 126 Å². The van der Waals surface area contributed by atoms with Crippen LogP contribution >= 0.6 is 11.6 Å². The number of aryl methyl sites for hydroxylation is 2. The van der Waals surface area contributed by atoms with Crippen LogP contribution in [0.4, 0.5) is 0 Å². The first kappa shape index (κ1) is 15.1. The van der Waals surface area contributed by atoms with Gasteiger partial charge in [-0.05, 0) is 43.1 Å². The van der Waals surface area contributed by atoms with Crippen LogP contribution in [0, 0.1) is 0 Å². The molecule has 4 heteroatoms. The second-order valence-electron chi connectivity index (χ2n) is 4.93. The summed E-state index contributed by atoms with van der Waals surface area (Å²) in [6.45, 7) is 5.13. The molecule has 0 aliphatic carbocycles. The highest BCUT2D eigenvalue weighted by Crippen LogP contribution is 2.32. The fraction of sp³-hybridized carbons (Fsp3) is 0.438.